The summed E-state index contributed by atoms with van der Waals surface area (Å²) in [5.41, 5.74) is 0.533. The van der Waals surface area contributed by atoms with Gasteiger partial charge in [0.1, 0.15) is 5.76 Å². The van der Waals surface area contributed by atoms with E-state index < -0.39 is 17.7 Å². The van der Waals surface area contributed by atoms with Crippen LogP contribution in [-0.2, 0) is 0 Å². The normalized spacial score (nSPS) is 12.7. The molecule has 1 atom stereocenters. The second-order valence-electron chi connectivity index (χ2n) is 3.84. The molecule has 90 valence electrons. The zero-order chi connectivity index (χ0) is 12.4. The van der Waals surface area contributed by atoms with Gasteiger partial charge in [-0.25, -0.2) is 8.78 Å². The zero-order valence-electron chi connectivity index (χ0n) is 9.63. The Hall–Kier alpha value is -1.68. The Morgan fingerprint density at radius 2 is 1.94 bits per heavy atom. The maximum Gasteiger partial charge on any atom is 0.164 e. The van der Waals surface area contributed by atoms with Gasteiger partial charge in [0, 0.05) is 5.56 Å². The Bertz CT molecular complexity index is 508. The second kappa shape index (κ2) is 4.67. The number of benzene rings is 1. The molecule has 2 rings (SSSR count). The molecule has 0 aliphatic heterocycles. The zero-order valence-corrected chi connectivity index (χ0v) is 9.63. The smallest absolute Gasteiger partial charge is 0.164 e. The molecule has 4 heteroatoms. The lowest BCUT2D eigenvalue weighted by atomic mass is 10.0. The van der Waals surface area contributed by atoms with Gasteiger partial charge in [-0.3, -0.25) is 0 Å². The summed E-state index contributed by atoms with van der Waals surface area (Å²) in [7, 11) is 1.67. The average molecular weight is 237 g/mol. The first kappa shape index (κ1) is 11.8. The molecule has 1 aromatic heterocycles. The van der Waals surface area contributed by atoms with Crippen LogP contribution in [0, 0.1) is 18.6 Å². The Morgan fingerprint density at radius 1 is 1.18 bits per heavy atom. The third kappa shape index (κ3) is 2.08. The Kier molecular flexibility index (Phi) is 3.24. The topological polar surface area (TPSA) is 25.2 Å². The molecule has 1 heterocycles. The van der Waals surface area contributed by atoms with Crippen molar-refractivity contribution in [3.05, 3.63) is 59.1 Å². The first-order valence-electron chi connectivity index (χ1n) is 5.30. The van der Waals surface area contributed by atoms with E-state index in [1.54, 1.807) is 31.3 Å². The molecule has 1 aromatic carbocycles. The molecule has 17 heavy (non-hydrogen) atoms. The van der Waals surface area contributed by atoms with E-state index in [9.17, 15) is 8.78 Å². The van der Waals surface area contributed by atoms with Crippen LogP contribution >= 0.6 is 0 Å². The number of aryl methyl sites for hydroxylation is 1. The molecule has 1 N–H and O–H groups in total. The van der Waals surface area contributed by atoms with Crippen LogP contribution in [0.3, 0.4) is 0 Å². The van der Waals surface area contributed by atoms with E-state index in [4.69, 9.17) is 4.42 Å². The van der Waals surface area contributed by atoms with E-state index in [-0.39, 0.29) is 5.56 Å². The van der Waals surface area contributed by atoms with E-state index >= 15 is 0 Å². The van der Waals surface area contributed by atoms with Crippen LogP contribution in [0.1, 0.15) is 22.9 Å². The molecule has 2 nitrogen and oxygen atoms in total. The van der Waals surface area contributed by atoms with Crippen LogP contribution in [0.4, 0.5) is 8.78 Å². The second-order valence-corrected chi connectivity index (χ2v) is 3.84. The van der Waals surface area contributed by atoms with Crippen LogP contribution in [0.25, 0.3) is 0 Å². The molecule has 0 saturated carbocycles. The Balaban J connectivity index is 2.49. The number of hydrogen-bond acceptors (Lipinski definition) is 2. The van der Waals surface area contributed by atoms with Crippen LogP contribution in [0.2, 0.25) is 0 Å². The highest BCUT2D eigenvalue weighted by atomic mass is 19.2. The van der Waals surface area contributed by atoms with Crippen LogP contribution in [0.15, 0.2) is 34.9 Å². The van der Waals surface area contributed by atoms with Crippen molar-refractivity contribution in [3.63, 3.8) is 0 Å². The van der Waals surface area contributed by atoms with Crippen molar-refractivity contribution in [1.82, 2.24) is 5.32 Å². The fourth-order valence-electron chi connectivity index (χ4n) is 1.79. The van der Waals surface area contributed by atoms with Gasteiger partial charge >= 0.3 is 0 Å². The van der Waals surface area contributed by atoms with E-state index in [1.807, 2.05) is 0 Å². The summed E-state index contributed by atoms with van der Waals surface area (Å²) < 4.78 is 32.5. The fraction of sp³-hybridized carbons (Fsp3) is 0.231. The van der Waals surface area contributed by atoms with Gasteiger partial charge in [-0.05, 0) is 31.7 Å². The monoisotopic (exact) mass is 237 g/mol. The third-order valence-electron chi connectivity index (χ3n) is 2.73. The molecule has 0 fully saturated rings. The summed E-state index contributed by atoms with van der Waals surface area (Å²) in [4.78, 5) is 0. The van der Waals surface area contributed by atoms with Gasteiger partial charge in [0.25, 0.3) is 0 Å². The first-order chi connectivity index (χ1) is 8.15. The fourth-order valence-corrected chi connectivity index (χ4v) is 1.79. The van der Waals surface area contributed by atoms with Crippen LogP contribution in [0.5, 0.6) is 0 Å². The lowest BCUT2D eigenvalue weighted by Crippen LogP contribution is -2.19. The van der Waals surface area contributed by atoms with Crippen molar-refractivity contribution in [2.24, 2.45) is 0 Å². The quantitative estimate of drug-likeness (QED) is 0.887. The van der Waals surface area contributed by atoms with Gasteiger partial charge < -0.3 is 9.73 Å². The highest BCUT2D eigenvalue weighted by Gasteiger charge is 2.21. The van der Waals surface area contributed by atoms with Gasteiger partial charge in [0.2, 0.25) is 0 Å². The largest absolute Gasteiger partial charge is 0.467 e. The number of furan rings is 1. The number of halogens is 2. The van der Waals surface area contributed by atoms with Gasteiger partial charge in [-0.1, -0.05) is 12.1 Å². The number of hydrogen-bond donors (Lipinski definition) is 1. The van der Waals surface area contributed by atoms with E-state index in [1.165, 1.54) is 13.2 Å². The summed E-state index contributed by atoms with van der Waals surface area (Å²) in [5, 5.41) is 2.91. The molecule has 1 unspecified atom stereocenters. The standard InChI is InChI=1S/C13H13F2NO/c1-8-5-6-9(12(15)11(8)14)13(16-2)10-4-3-7-17-10/h3-7,13,16H,1-2H3. The summed E-state index contributed by atoms with van der Waals surface area (Å²) in [6.07, 6.45) is 1.50. The van der Waals surface area contributed by atoms with Crippen molar-refractivity contribution >= 4 is 0 Å². The van der Waals surface area contributed by atoms with Gasteiger partial charge in [0.15, 0.2) is 11.6 Å². The number of rotatable bonds is 3. The number of nitrogens with one attached hydrogen (secondary N) is 1. The highest BCUT2D eigenvalue weighted by Crippen LogP contribution is 2.26. The lowest BCUT2D eigenvalue weighted by Gasteiger charge is -2.15. The van der Waals surface area contributed by atoms with Crippen LogP contribution in [-0.4, -0.2) is 7.05 Å². The van der Waals surface area contributed by atoms with Crippen LogP contribution < -0.4 is 5.32 Å². The lowest BCUT2D eigenvalue weighted by molar-refractivity contribution is 0.438. The highest BCUT2D eigenvalue weighted by molar-refractivity contribution is 5.32. The van der Waals surface area contributed by atoms with Crippen molar-refractivity contribution in [3.8, 4) is 0 Å². The maximum absolute atomic E-state index is 13.8. The molecule has 0 bridgehead atoms. The average Bonchev–Trinajstić information content (AvgIpc) is 2.84. The minimum atomic E-state index is -0.833. The molecule has 0 radical (unpaired) electrons. The summed E-state index contributed by atoms with van der Waals surface area (Å²) in [5.74, 6) is -1.09. The predicted octanol–water partition coefficient (Wildman–Crippen LogP) is 3.18. The Labute approximate surface area is 98.3 Å². The summed E-state index contributed by atoms with van der Waals surface area (Å²) >= 11 is 0. The molecule has 0 spiro atoms. The van der Waals surface area contributed by atoms with Gasteiger partial charge in [0.05, 0.1) is 12.3 Å². The minimum absolute atomic E-state index is 0.241. The summed E-state index contributed by atoms with van der Waals surface area (Å²) in [6, 6.07) is 6.07. The first-order valence-corrected chi connectivity index (χ1v) is 5.30. The molecule has 0 aliphatic carbocycles. The molecular formula is C13H13F2NO. The van der Waals surface area contributed by atoms with Crippen molar-refractivity contribution in [2.45, 2.75) is 13.0 Å². The van der Waals surface area contributed by atoms with Gasteiger partial charge in [-0.15, -0.1) is 0 Å². The molecule has 0 aliphatic rings. The summed E-state index contributed by atoms with van der Waals surface area (Å²) in [6.45, 7) is 1.53. The Morgan fingerprint density at radius 3 is 2.53 bits per heavy atom. The molecule has 0 amide bonds. The van der Waals surface area contributed by atoms with Crippen molar-refractivity contribution in [1.29, 1.82) is 0 Å². The van der Waals surface area contributed by atoms with Crippen molar-refractivity contribution in [2.75, 3.05) is 7.05 Å². The van der Waals surface area contributed by atoms with Gasteiger partial charge in [-0.2, -0.15) is 0 Å². The molecule has 0 saturated heterocycles. The predicted molar refractivity (Wildman–Crippen MR) is 60.7 cm³/mol. The minimum Gasteiger partial charge on any atom is -0.467 e. The SMILES string of the molecule is CNC(c1ccco1)c1ccc(C)c(F)c1F. The van der Waals surface area contributed by atoms with E-state index in [0.29, 0.717) is 11.3 Å². The molecular weight excluding hydrogens is 224 g/mol. The van der Waals surface area contributed by atoms with E-state index in [0.717, 1.165) is 0 Å². The van der Waals surface area contributed by atoms with Crippen molar-refractivity contribution < 1.29 is 13.2 Å². The van der Waals surface area contributed by atoms with E-state index in [2.05, 4.69) is 5.32 Å². The maximum atomic E-state index is 13.8. The third-order valence-corrected chi connectivity index (χ3v) is 2.73. The molecule has 2 aromatic rings.